The Morgan fingerprint density at radius 2 is 2.10 bits per heavy atom. The van der Waals surface area contributed by atoms with E-state index in [2.05, 4.69) is 5.10 Å². The molecule has 3 atom stereocenters. The van der Waals surface area contributed by atoms with Crippen molar-refractivity contribution >= 4 is 0 Å². The first-order valence-electron chi connectivity index (χ1n) is 7.28. The molecule has 0 amide bonds. The summed E-state index contributed by atoms with van der Waals surface area (Å²) in [4.78, 5) is 0. The standard InChI is InChI=1S/C14H22F3N3/c1-2-7-20-9-10(8-19-20)13(18)11-5-3-4-6-12(11)14(15,16)17/h8-9,11-13H,2-7,18H2,1H3. The van der Waals surface area contributed by atoms with Gasteiger partial charge < -0.3 is 5.73 Å². The fourth-order valence-corrected chi connectivity index (χ4v) is 3.15. The summed E-state index contributed by atoms with van der Waals surface area (Å²) in [5.74, 6) is -1.80. The molecule has 20 heavy (non-hydrogen) atoms. The van der Waals surface area contributed by atoms with Crippen molar-refractivity contribution in [2.45, 2.75) is 57.8 Å². The number of aromatic nitrogens is 2. The third kappa shape index (κ3) is 3.34. The van der Waals surface area contributed by atoms with E-state index in [0.29, 0.717) is 12.8 Å². The van der Waals surface area contributed by atoms with E-state index in [-0.39, 0.29) is 6.42 Å². The molecule has 0 bridgehead atoms. The topological polar surface area (TPSA) is 43.8 Å². The van der Waals surface area contributed by atoms with Gasteiger partial charge in [0.2, 0.25) is 0 Å². The van der Waals surface area contributed by atoms with Crippen molar-refractivity contribution in [1.29, 1.82) is 0 Å². The van der Waals surface area contributed by atoms with Gasteiger partial charge in [0.15, 0.2) is 0 Å². The molecule has 6 heteroatoms. The molecule has 0 radical (unpaired) electrons. The quantitative estimate of drug-likeness (QED) is 0.919. The van der Waals surface area contributed by atoms with Crippen LogP contribution in [0.5, 0.6) is 0 Å². The Labute approximate surface area is 117 Å². The van der Waals surface area contributed by atoms with Gasteiger partial charge in [-0.15, -0.1) is 0 Å². The van der Waals surface area contributed by atoms with Gasteiger partial charge in [-0.1, -0.05) is 19.8 Å². The van der Waals surface area contributed by atoms with E-state index in [9.17, 15) is 13.2 Å². The molecule has 1 aromatic rings. The summed E-state index contributed by atoms with van der Waals surface area (Å²) >= 11 is 0. The molecular weight excluding hydrogens is 267 g/mol. The van der Waals surface area contributed by atoms with Crippen LogP contribution in [0, 0.1) is 11.8 Å². The number of hydrogen-bond donors (Lipinski definition) is 1. The number of alkyl halides is 3. The van der Waals surface area contributed by atoms with Crippen molar-refractivity contribution in [2.24, 2.45) is 17.6 Å². The van der Waals surface area contributed by atoms with Crippen LogP contribution < -0.4 is 5.73 Å². The summed E-state index contributed by atoms with van der Waals surface area (Å²) in [5.41, 5.74) is 6.83. The van der Waals surface area contributed by atoms with Gasteiger partial charge in [0.1, 0.15) is 0 Å². The third-order valence-electron chi connectivity index (χ3n) is 4.19. The molecular formula is C14H22F3N3. The number of hydrogen-bond acceptors (Lipinski definition) is 2. The van der Waals surface area contributed by atoms with Crippen LogP contribution in [0.1, 0.15) is 50.6 Å². The lowest BCUT2D eigenvalue weighted by atomic mass is 9.74. The van der Waals surface area contributed by atoms with Crippen LogP contribution in [-0.2, 0) is 6.54 Å². The van der Waals surface area contributed by atoms with Crippen molar-refractivity contribution in [1.82, 2.24) is 9.78 Å². The molecule has 2 rings (SSSR count). The van der Waals surface area contributed by atoms with E-state index in [1.807, 2.05) is 6.92 Å². The normalized spacial score (nSPS) is 25.6. The Kier molecular flexibility index (Phi) is 4.73. The van der Waals surface area contributed by atoms with E-state index in [0.717, 1.165) is 24.9 Å². The molecule has 1 saturated carbocycles. The average Bonchev–Trinajstić information content (AvgIpc) is 2.86. The summed E-state index contributed by atoms with van der Waals surface area (Å²) in [6.45, 7) is 2.79. The average molecular weight is 289 g/mol. The highest BCUT2D eigenvalue weighted by Crippen LogP contribution is 2.45. The monoisotopic (exact) mass is 289 g/mol. The van der Waals surface area contributed by atoms with Crippen LogP contribution in [0.4, 0.5) is 13.2 Å². The highest BCUT2D eigenvalue weighted by molar-refractivity contribution is 5.12. The molecule has 1 aliphatic carbocycles. The molecule has 114 valence electrons. The maximum absolute atomic E-state index is 13.1. The molecule has 0 spiro atoms. The lowest BCUT2D eigenvalue weighted by Gasteiger charge is -2.36. The Hall–Kier alpha value is -1.04. The summed E-state index contributed by atoms with van der Waals surface area (Å²) in [7, 11) is 0. The first kappa shape index (κ1) is 15.4. The van der Waals surface area contributed by atoms with Gasteiger partial charge in [0.25, 0.3) is 0 Å². The summed E-state index contributed by atoms with van der Waals surface area (Å²) in [6.07, 6.45) is 2.40. The number of rotatable bonds is 4. The number of halogens is 3. The first-order chi connectivity index (χ1) is 9.43. The van der Waals surface area contributed by atoms with E-state index in [1.54, 1.807) is 17.1 Å². The van der Waals surface area contributed by atoms with Gasteiger partial charge in [-0.05, 0) is 25.2 Å². The number of nitrogens with two attached hydrogens (primary N) is 1. The molecule has 3 unspecified atom stereocenters. The van der Waals surface area contributed by atoms with Gasteiger partial charge in [-0.25, -0.2) is 0 Å². The van der Waals surface area contributed by atoms with Crippen molar-refractivity contribution in [3.05, 3.63) is 18.0 Å². The molecule has 0 aromatic carbocycles. The van der Waals surface area contributed by atoms with Gasteiger partial charge in [-0.2, -0.15) is 18.3 Å². The zero-order valence-corrected chi connectivity index (χ0v) is 11.7. The summed E-state index contributed by atoms with van der Waals surface area (Å²) in [6, 6.07) is -0.576. The lowest BCUT2D eigenvalue weighted by molar-refractivity contribution is -0.198. The van der Waals surface area contributed by atoms with Crippen LogP contribution in [0.2, 0.25) is 0 Å². The van der Waals surface area contributed by atoms with Crippen LogP contribution in [-0.4, -0.2) is 16.0 Å². The highest BCUT2D eigenvalue weighted by atomic mass is 19.4. The van der Waals surface area contributed by atoms with Crippen molar-refractivity contribution in [3.8, 4) is 0 Å². The SMILES string of the molecule is CCCn1cc(C(N)C2CCCCC2C(F)(F)F)cn1. The number of nitrogens with zero attached hydrogens (tertiary/aromatic N) is 2. The second-order valence-electron chi connectivity index (χ2n) is 5.66. The van der Waals surface area contributed by atoms with E-state index >= 15 is 0 Å². The minimum Gasteiger partial charge on any atom is -0.324 e. The minimum atomic E-state index is -4.15. The number of aryl methyl sites for hydroxylation is 1. The van der Waals surface area contributed by atoms with Crippen LogP contribution in [0.15, 0.2) is 12.4 Å². The molecule has 1 aliphatic rings. The van der Waals surface area contributed by atoms with E-state index in [4.69, 9.17) is 5.73 Å². The molecule has 3 nitrogen and oxygen atoms in total. The lowest BCUT2D eigenvalue weighted by Crippen LogP contribution is -2.38. The maximum Gasteiger partial charge on any atom is 0.392 e. The predicted molar refractivity (Wildman–Crippen MR) is 70.9 cm³/mol. The molecule has 2 N–H and O–H groups in total. The summed E-state index contributed by atoms with van der Waals surface area (Å²) in [5, 5.41) is 4.16. The molecule has 0 aliphatic heterocycles. The third-order valence-corrected chi connectivity index (χ3v) is 4.19. The first-order valence-corrected chi connectivity index (χ1v) is 7.28. The largest absolute Gasteiger partial charge is 0.392 e. The van der Waals surface area contributed by atoms with Crippen LogP contribution in [0.3, 0.4) is 0 Å². The molecule has 1 heterocycles. The Morgan fingerprint density at radius 1 is 1.40 bits per heavy atom. The van der Waals surface area contributed by atoms with Crippen LogP contribution in [0.25, 0.3) is 0 Å². The fourth-order valence-electron chi connectivity index (χ4n) is 3.15. The van der Waals surface area contributed by atoms with Crippen LogP contribution >= 0.6 is 0 Å². The predicted octanol–water partition coefficient (Wildman–Crippen LogP) is 3.66. The maximum atomic E-state index is 13.1. The smallest absolute Gasteiger partial charge is 0.324 e. The zero-order valence-electron chi connectivity index (χ0n) is 11.7. The van der Waals surface area contributed by atoms with Crippen molar-refractivity contribution in [3.63, 3.8) is 0 Å². The van der Waals surface area contributed by atoms with Gasteiger partial charge in [0.05, 0.1) is 12.1 Å². The Balaban J connectivity index is 2.14. The second-order valence-corrected chi connectivity index (χ2v) is 5.66. The Bertz CT molecular complexity index is 428. The van der Waals surface area contributed by atoms with Gasteiger partial charge in [-0.3, -0.25) is 4.68 Å². The second kappa shape index (κ2) is 6.16. The molecule has 1 aromatic heterocycles. The van der Waals surface area contributed by atoms with Gasteiger partial charge in [0, 0.05) is 24.3 Å². The Morgan fingerprint density at radius 3 is 2.75 bits per heavy atom. The minimum absolute atomic E-state index is 0.199. The van der Waals surface area contributed by atoms with E-state index in [1.165, 1.54) is 0 Å². The highest BCUT2D eigenvalue weighted by Gasteiger charge is 2.47. The molecule has 1 fully saturated rings. The molecule has 0 saturated heterocycles. The summed E-state index contributed by atoms with van der Waals surface area (Å²) < 4.78 is 41.1. The van der Waals surface area contributed by atoms with Gasteiger partial charge >= 0.3 is 6.18 Å². The fraction of sp³-hybridized carbons (Fsp3) is 0.786. The van der Waals surface area contributed by atoms with E-state index < -0.39 is 24.1 Å². The van der Waals surface area contributed by atoms with Crippen molar-refractivity contribution < 1.29 is 13.2 Å². The zero-order chi connectivity index (χ0) is 14.8. The van der Waals surface area contributed by atoms with Crippen molar-refractivity contribution in [2.75, 3.05) is 0 Å².